The van der Waals surface area contributed by atoms with Gasteiger partial charge < -0.3 is 4.42 Å². The van der Waals surface area contributed by atoms with Crippen LogP contribution < -0.4 is 5.32 Å². The molecule has 0 spiro atoms. The third kappa shape index (κ3) is 3.31. The number of thiazole rings is 1. The molecule has 0 fully saturated rings. The number of rotatable bonds is 4. The molecule has 7 heteroatoms. The first-order valence-electron chi connectivity index (χ1n) is 7.47. The van der Waals surface area contributed by atoms with E-state index in [0.717, 1.165) is 16.8 Å². The zero-order valence-electron chi connectivity index (χ0n) is 12.9. The summed E-state index contributed by atoms with van der Waals surface area (Å²) in [5.41, 5.74) is 3.43. The van der Waals surface area contributed by atoms with Crippen LogP contribution in [0.15, 0.2) is 71.0 Å². The summed E-state index contributed by atoms with van der Waals surface area (Å²) in [5.74, 6) is -0.0820. The number of pyridine rings is 2. The van der Waals surface area contributed by atoms with E-state index in [0.29, 0.717) is 10.8 Å². The number of nitrogens with zero attached hydrogens (tertiary/aromatic N) is 3. The molecular formula is C18H12N4O2S. The van der Waals surface area contributed by atoms with Crippen molar-refractivity contribution in [2.75, 3.05) is 5.32 Å². The molecule has 6 nitrogen and oxygen atoms in total. The molecule has 0 aliphatic heterocycles. The fourth-order valence-corrected chi connectivity index (χ4v) is 2.96. The van der Waals surface area contributed by atoms with E-state index in [1.54, 1.807) is 30.7 Å². The van der Waals surface area contributed by atoms with E-state index in [-0.39, 0.29) is 11.7 Å². The van der Waals surface area contributed by atoms with Crippen molar-refractivity contribution in [3.63, 3.8) is 0 Å². The van der Waals surface area contributed by atoms with Gasteiger partial charge in [-0.2, -0.15) is 0 Å². The molecule has 4 aromatic rings. The molecule has 122 valence electrons. The van der Waals surface area contributed by atoms with Gasteiger partial charge in [0, 0.05) is 35.1 Å². The van der Waals surface area contributed by atoms with Crippen molar-refractivity contribution >= 4 is 22.4 Å². The van der Waals surface area contributed by atoms with E-state index in [2.05, 4.69) is 20.3 Å². The summed E-state index contributed by atoms with van der Waals surface area (Å²) in [6.45, 7) is 0. The minimum absolute atomic E-state index is 0.246. The maximum Gasteiger partial charge on any atom is 0.293 e. The Bertz CT molecular complexity index is 980. The van der Waals surface area contributed by atoms with Crippen LogP contribution in [-0.2, 0) is 0 Å². The molecule has 0 saturated heterocycles. The smallest absolute Gasteiger partial charge is 0.293 e. The molecule has 1 amide bonds. The second-order valence-electron chi connectivity index (χ2n) is 5.14. The first-order valence-corrected chi connectivity index (χ1v) is 8.35. The molecule has 1 N–H and O–H groups in total. The summed E-state index contributed by atoms with van der Waals surface area (Å²) in [6, 6.07) is 11.0. The lowest BCUT2D eigenvalue weighted by atomic mass is 10.1. The highest BCUT2D eigenvalue weighted by Gasteiger charge is 2.12. The Labute approximate surface area is 147 Å². The van der Waals surface area contributed by atoms with Gasteiger partial charge in [-0.25, -0.2) is 4.98 Å². The lowest BCUT2D eigenvalue weighted by Gasteiger charge is -2.01. The minimum atomic E-state index is -0.328. The van der Waals surface area contributed by atoms with Crippen LogP contribution in [0.25, 0.3) is 22.5 Å². The van der Waals surface area contributed by atoms with Gasteiger partial charge in [0.05, 0.1) is 12.0 Å². The number of aromatic nitrogens is 3. The molecule has 4 rings (SSSR count). The van der Waals surface area contributed by atoms with Crippen molar-refractivity contribution in [1.82, 2.24) is 15.0 Å². The number of hydrogen-bond donors (Lipinski definition) is 1. The lowest BCUT2D eigenvalue weighted by molar-refractivity contribution is 0.0996. The molecule has 0 radical (unpaired) electrons. The van der Waals surface area contributed by atoms with Crippen molar-refractivity contribution < 1.29 is 9.21 Å². The lowest BCUT2D eigenvalue weighted by Crippen LogP contribution is -2.10. The van der Waals surface area contributed by atoms with Gasteiger partial charge in [-0.15, -0.1) is 11.3 Å². The van der Waals surface area contributed by atoms with Crippen molar-refractivity contribution in [2.24, 2.45) is 0 Å². The molecule has 0 bridgehead atoms. The quantitative estimate of drug-likeness (QED) is 0.600. The number of anilines is 1. The Kier molecular flexibility index (Phi) is 4.05. The van der Waals surface area contributed by atoms with E-state index in [9.17, 15) is 4.79 Å². The maximum atomic E-state index is 12.0. The van der Waals surface area contributed by atoms with Gasteiger partial charge in [-0.3, -0.25) is 20.1 Å². The first-order chi connectivity index (χ1) is 12.3. The number of amides is 1. The molecular weight excluding hydrogens is 336 g/mol. The van der Waals surface area contributed by atoms with Crippen LogP contribution in [0.5, 0.6) is 0 Å². The number of furan rings is 1. The van der Waals surface area contributed by atoms with Crippen LogP contribution in [0, 0.1) is 0 Å². The molecule has 0 aliphatic rings. The van der Waals surface area contributed by atoms with Crippen LogP contribution in [0.4, 0.5) is 5.13 Å². The van der Waals surface area contributed by atoms with E-state index >= 15 is 0 Å². The highest BCUT2D eigenvalue weighted by molar-refractivity contribution is 7.14. The maximum absolute atomic E-state index is 12.0. The van der Waals surface area contributed by atoms with E-state index in [1.807, 2.05) is 29.6 Å². The Morgan fingerprint density at radius 3 is 2.68 bits per heavy atom. The largest absolute Gasteiger partial charge is 0.459 e. The topological polar surface area (TPSA) is 80.9 Å². The Hall–Kier alpha value is -3.32. The molecule has 0 aromatic carbocycles. The summed E-state index contributed by atoms with van der Waals surface area (Å²) >= 11 is 1.34. The van der Waals surface area contributed by atoms with E-state index in [4.69, 9.17) is 4.42 Å². The SMILES string of the molecule is O=C(Nc1nc(-c2ccc(-c3cccnc3)cn2)cs1)c1ccco1. The molecule has 0 aliphatic carbocycles. The summed E-state index contributed by atoms with van der Waals surface area (Å²) in [5, 5.41) is 5.06. The number of carbonyl (C=O) groups is 1. The van der Waals surface area contributed by atoms with Crippen molar-refractivity contribution in [2.45, 2.75) is 0 Å². The van der Waals surface area contributed by atoms with Crippen molar-refractivity contribution in [1.29, 1.82) is 0 Å². The average Bonchev–Trinajstić information content (AvgIpc) is 3.35. The summed E-state index contributed by atoms with van der Waals surface area (Å²) in [7, 11) is 0. The summed E-state index contributed by atoms with van der Waals surface area (Å²) in [4.78, 5) is 24.9. The van der Waals surface area contributed by atoms with Crippen LogP contribution in [-0.4, -0.2) is 20.9 Å². The zero-order valence-corrected chi connectivity index (χ0v) is 13.7. The first kappa shape index (κ1) is 15.2. The second-order valence-corrected chi connectivity index (χ2v) is 6.00. The minimum Gasteiger partial charge on any atom is -0.459 e. The van der Waals surface area contributed by atoms with Crippen molar-refractivity contribution in [3.05, 3.63) is 72.4 Å². The third-order valence-corrected chi connectivity index (χ3v) is 4.25. The monoisotopic (exact) mass is 348 g/mol. The predicted octanol–water partition coefficient (Wildman–Crippen LogP) is 4.11. The van der Waals surface area contributed by atoms with Crippen LogP contribution in [0.1, 0.15) is 10.6 Å². The molecule has 4 heterocycles. The molecule has 0 unspecified atom stereocenters. The van der Waals surface area contributed by atoms with Crippen LogP contribution in [0.2, 0.25) is 0 Å². The van der Waals surface area contributed by atoms with Crippen LogP contribution >= 0.6 is 11.3 Å². The van der Waals surface area contributed by atoms with Crippen molar-refractivity contribution in [3.8, 4) is 22.5 Å². The van der Waals surface area contributed by atoms with E-state index in [1.165, 1.54) is 17.6 Å². The predicted molar refractivity (Wildman–Crippen MR) is 95.2 cm³/mol. The fraction of sp³-hybridized carbons (Fsp3) is 0. The van der Waals surface area contributed by atoms with Crippen LogP contribution in [0.3, 0.4) is 0 Å². The van der Waals surface area contributed by atoms with Gasteiger partial charge in [-0.05, 0) is 24.3 Å². The Morgan fingerprint density at radius 1 is 1.04 bits per heavy atom. The highest BCUT2D eigenvalue weighted by Crippen LogP contribution is 2.25. The molecule has 25 heavy (non-hydrogen) atoms. The summed E-state index contributed by atoms with van der Waals surface area (Å²) in [6.07, 6.45) is 6.77. The molecule has 0 atom stereocenters. The van der Waals surface area contributed by atoms with Gasteiger partial charge in [0.15, 0.2) is 10.9 Å². The second kappa shape index (κ2) is 6.66. The third-order valence-electron chi connectivity index (χ3n) is 3.49. The van der Waals surface area contributed by atoms with Gasteiger partial charge in [0.25, 0.3) is 5.91 Å². The molecule has 4 aromatic heterocycles. The van der Waals surface area contributed by atoms with Gasteiger partial charge in [-0.1, -0.05) is 12.1 Å². The van der Waals surface area contributed by atoms with Gasteiger partial charge >= 0.3 is 0 Å². The fourth-order valence-electron chi connectivity index (χ4n) is 2.26. The van der Waals surface area contributed by atoms with Gasteiger partial charge in [0.2, 0.25) is 0 Å². The zero-order chi connectivity index (χ0) is 17.1. The average molecular weight is 348 g/mol. The number of carbonyl (C=O) groups excluding carboxylic acids is 1. The Balaban J connectivity index is 1.51. The van der Waals surface area contributed by atoms with E-state index < -0.39 is 0 Å². The molecule has 0 saturated carbocycles. The van der Waals surface area contributed by atoms with Gasteiger partial charge in [0.1, 0.15) is 5.69 Å². The highest BCUT2D eigenvalue weighted by atomic mass is 32.1. The number of nitrogens with one attached hydrogen (secondary N) is 1. The summed E-state index contributed by atoms with van der Waals surface area (Å²) < 4.78 is 5.06. The standard InChI is InChI=1S/C18H12N4O2S/c23-17(16-4-2-8-24-16)22-18-21-15(11-25-18)14-6-5-13(10-20-14)12-3-1-7-19-9-12/h1-11H,(H,21,22,23). The Morgan fingerprint density at radius 2 is 1.96 bits per heavy atom. The normalized spacial score (nSPS) is 10.6. The number of hydrogen-bond acceptors (Lipinski definition) is 6.